The standard InChI is InChI=1S/C12H13N2O4/c1-2-3-8(13-9(15)4-5-10(13)16)14-11(17)6-7-12(14)18/h4-5,8H,1-3,6-7H2. The van der Waals surface area contributed by atoms with E-state index in [9.17, 15) is 19.2 Å². The van der Waals surface area contributed by atoms with Crippen molar-refractivity contribution in [2.45, 2.75) is 31.8 Å². The minimum Gasteiger partial charge on any atom is -0.274 e. The van der Waals surface area contributed by atoms with Gasteiger partial charge in [-0.25, -0.2) is 0 Å². The van der Waals surface area contributed by atoms with Gasteiger partial charge in [-0.15, -0.1) is 0 Å². The van der Waals surface area contributed by atoms with Crippen molar-refractivity contribution in [3.63, 3.8) is 0 Å². The molecule has 95 valence electrons. The Balaban J connectivity index is 2.28. The van der Waals surface area contributed by atoms with Crippen LogP contribution in [-0.2, 0) is 19.2 Å². The lowest BCUT2D eigenvalue weighted by Gasteiger charge is -2.32. The normalized spacial score (nSPS) is 21.4. The van der Waals surface area contributed by atoms with Gasteiger partial charge >= 0.3 is 0 Å². The molecular weight excluding hydrogens is 236 g/mol. The molecule has 0 aromatic carbocycles. The molecule has 1 unspecified atom stereocenters. The zero-order valence-electron chi connectivity index (χ0n) is 9.80. The molecule has 0 bridgehead atoms. The second kappa shape index (κ2) is 4.72. The Kier molecular flexibility index (Phi) is 3.27. The molecular formula is C12H13N2O4. The quantitative estimate of drug-likeness (QED) is 0.657. The van der Waals surface area contributed by atoms with Crippen LogP contribution in [0.1, 0.15) is 25.7 Å². The van der Waals surface area contributed by atoms with Crippen LogP contribution < -0.4 is 0 Å². The van der Waals surface area contributed by atoms with Crippen LogP contribution in [0.2, 0.25) is 0 Å². The Bertz CT molecular complexity index is 419. The first kappa shape index (κ1) is 12.5. The maximum atomic E-state index is 11.7. The number of nitrogens with zero attached hydrogens (tertiary/aromatic N) is 2. The van der Waals surface area contributed by atoms with Crippen molar-refractivity contribution in [1.82, 2.24) is 9.80 Å². The fraction of sp³-hybridized carbons (Fsp3) is 0.417. The van der Waals surface area contributed by atoms with Crippen LogP contribution >= 0.6 is 0 Å². The van der Waals surface area contributed by atoms with Crippen molar-refractivity contribution in [3.05, 3.63) is 19.1 Å². The predicted octanol–water partition coefficient (Wildman–Crippen LogP) is 0.000790. The van der Waals surface area contributed by atoms with Crippen LogP contribution in [0.15, 0.2) is 12.2 Å². The summed E-state index contributed by atoms with van der Waals surface area (Å²) in [5, 5.41) is 0. The van der Waals surface area contributed by atoms with Crippen LogP contribution in [0, 0.1) is 6.92 Å². The maximum Gasteiger partial charge on any atom is 0.255 e. The van der Waals surface area contributed by atoms with Gasteiger partial charge < -0.3 is 0 Å². The third kappa shape index (κ3) is 1.94. The summed E-state index contributed by atoms with van der Waals surface area (Å²) in [5.41, 5.74) is 0. The summed E-state index contributed by atoms with van der Waals surface area (Å²) >= 11 is 0. The third-order valence-electron chi connectivity index (χ3n) is 2.99. The van der Waals surface area contributed by atoms with E-state index in [1.807, 2.05) is 0 Å². The first-order chi connectivity index (χ1) is 8.56. The van der Waals surface area contributed by atoms with Gasteiger partial charge in [0, 0.05) is 25.0 Å². The fourth-order valence-corrected chi connectivity index (χ4v) is 2.19. The lowest BCUT2D eigenvalue weighted by Crippen LogP contribution is -2.53. The Morgan fingerprint density at radius 3 is 1.94 bits per heavy atom. The molecule has 1 atom stereocenters. The SMILES string of the molecule is [CH2]CCC(N1C(=O)C=CC1=O)N1C(=O)CCC1=O. The summed E-state index contributed by atoms with van der Waals surface area (Å²) in [7, 11) is 0. The molecule has 6 heteroatoms. The molecule has 1 radical (unpaired) electrons. The monoisotopic (exact) mass is 249 g/mol. The molecule has 0 saturated carbocycles. The van der Waals surface area contributed by atoms with Crippen molar-refractivity contribution < 1.29 is 19.2 Å². The molecule has 6 nitrogen and oxygen atoms in total. The van der Waals surface area contributed by atoms with Crippen LogP contribution in [0.3, 0.4) is 0 Å². The van der Waals surface area contributed by atoms with Gasteiger partial charge in [0.2, 0.25) is 11.8 Å². The molecule has 1 fully saturated rings. The Morgan fingerprint density at radius 1 is 1.00 bits per heavy atom. The number of rotatable bonds is 4. The molecule has 0 aromatic heterocycles. The Hall–Kier alpha value is -1.98. The van der Waals surface area contributed by atoms with Gasteiger partial charge in [-0.2, -0.15) is 0 Å². The summed E-state index contributed by atoms with van der Waals surface area (Å²) < 4.78 is 0. The summed E-state index contributed by atoms with van der Waals surface area (Å²) in [4.78, 5) is 48.6. The fourth-order valence-electron chi connectivity index (χ4n) is 2.19. The molecule has 0 aliphatic carbocycles. The van der Waals surface area contributed by atoms with E-state index in [0.717, 1.165) is 22.0 Å². The largest absolute Gasteiger partial charge is 0.274 e. The highest BCUT2D eigenvalue weighted by Gasteiger charge is 2.42. The highest BCUT2D eigenvalue weighted by atomic mass is 16.2. The van der Waals surface area contributed by atoms with Crippen molar-refractivity contribution in [3.8, 4) is 0 Å². The van der Waals surface area contributed by atoms with E-state index in [-0.39, 0.29) is 24.7 Å². The van der Waals surface area contributed by atoms with Crippen molar-refractivity contribution in [2.75, 3.05) is 0 Å². The molecule has 2 aliphatic heterocycles. The molecule has 0 N–H and O–H groups in total. The number of amides is 4. The molecule has 2 heterocycles. The van der Waals surface area contributed by atoms with Gasteiger partial charge in [-0.3, -0.25) is 29.0 Å². The van der Waals surface area contributed by atoms with Gasteiger partial charge in [-0.05, 0) is 12.8 Å². The number of carbonyl (C=O) groups excluding carboxylic acids is 4. The van der Waals surface area contributed by atoms with Gasteiger partial charge in [0.25, 0.3) is 11.8 Å². The van der Waals surface area contributed by atoms with E-state index in [0.29, 0.717) is 12.8 Å². The molecule has 2 aliphatic rings. The van der Waals surface area contributed by atoms with E-state index in [4.69, 9.17) is 0 Å². The second-order valence-corrected chi connectivity index (χ2v) is 4.16. The molecule has 1 saturated heterocycles. The number of carbonyl (C=O) groups is 4. The summed E-state index contributed by atoms with van der Waals surface area (Å²) in [5.74, 6) is -1.67. The van der Waals surface area contributed by atoms with Crippen molar-refractivity contribution in [2.24, 2.45) is 0 Å². The predicted molar refractivity (Wildman–Crippen MR) is 60.5 cm³/mol. The summed E-state index contributed by atoms with van der Waals surface area (Å²) in [6.07, 6.45) is 2.44. The van der Waals surface area contributed by atoms with E-state index in [1.54, 1.807) is 0 Å². The van der Waals surface area contributed by atoms with Crippen molar-refractivity contribution in [1.29, 1.82) is 0 Å². The van der Waals surface area contributed by atoms with Crippen LogP contribution in [0.5, 0.6) is 0 Å². The number of hydrogen-bond acceptors (Lipinski definition) is 4. The maximum absolute atomic E-state index is 11.7. The average Bonchev–Trinajstić information content (AvgIpc) is 2.82. The van der Waals surface area contributed by atoms with E-state index >= 15 is 0 Å². The summed E-state index contributed by atoms with van der Waals surface area (Å²) in [6.45, 7) is 3.65. The first-order valence-electron chi connectivity index (χ1n) is 5.75. The van der Waals surface area contributed by atoms with Gasteiger partial charge in [-0.1, -0.05) is 6.92 Å². The first-order valence-corrected chi connectivity index (χ1v) is 5.75. The van der Waals surface area contributed by atoms with Crippen LogP contribution in [-0.4, -0.2) is 39.6 Å². The van der Waals surface area contributed by atoms with Gasteiger partial charge in [0.1, 0.15) is 6.17 Å². The smallest absolute Gasteiger partial charge is 0.255 e. The lowest BCUT2D eigenvalue weighted by molar-refractivity contribution is -0.153. The molecule has 18 heavy (non-hydrogen) atoms. The van der Waals surface area contributed by atoms with Crippen LogP contribution in [0.4, 0.5) is 0 Å². The summed E-state index contributed by atoms with van der Waals surface area (Å²) in [6, 6.07) is 0. The van der Waals surface area contributed by atoms with E-state index in [2.05, 4.69) is 6.92 Å². The number of likely N-dealkylation sites (tertiary alicyclic amines) is 1. The highest BCUT2D eigenvalue weighted by molar-refractivity contribution is 6.14. The highest BCUT2D eigenvalue weighted by Crippen LogP contribution is 2.23. The average molecular weight is 249 g/mol. The molecule has 0 spiro atoms. The van der Waals surface area contributed by atoms with Gasteiger partial charge in [0.05, 0.1) is 0 Å². The van der Waals surface area contributed by atoms with Crippen LogP contribution in [0.25, 0.3) is 0 Å². The number of hydrogen-bond donors (Lipinski definition) is 0. The Labute approximate surface area is 104 Å². The molecule has 4 amide bonds. The second-order valence-electron chi connectivity index (χ2n) is 4.16. The lowest BCUT2D eigenvalue weighted by atomic mass is 10.2. The van der Waals surface area contributed by atoms with Gasteiger partial charge in [0.15, 0.2) is 0 Å². The molecule has 2 rings (SSSR count). The zero-order valence-corrected chi connectivity index (χ0v) is 9.80. The van der Waals surface area contributed by atoms with E-state index in [1.165, 1.54) is 0 Å². The minimum absolute atomic E-state index is 0.135. The third-order valence-corrected chi connectivity index (χ3v) is 2.99. The van der Waals surface area contributed by atoms with Crippen molar-refractivity contribution >= 4 is 23.6 Å². The Morgan fingerprint density at radius 2 is 1.50 bits per heavy atom. The zero-order chi connectivity index (χ0) is 13.3. The number of imide groups is 2. The topological polar surface area (TPSA) is 74.8 Å². The minimum atomic E-state index is -0.833. The molecule has 0 aromatic rings. The van der Waals surface area contributed by atoms with E-state index < -0.39 is 18.0 Å².